The lowest BCUT2D eigenvalue weighted by molar-refractivity contribution is -0.136. The predicted octanol–water partition coefficient (Wildman–Crippen LogP) is 0.570. The van der Waals surface area contributed by atoms with E-state index >= 15 is 0 Å². The zero-order valence-electron chi connectivity index (χ0n) is 11.8. The number of hydrogen-bond donors (Lipinski definition) is 3. The maximum absolute atomic E-state index is 12.0. The average Bonchev–Trinajstić information content (AvgIpc) is 3.28. The lowest BCUT2D eigenvalue weighted by Gasteiger charge is -2.13. The lowest BCUT2D eigenvalue weighted by atomic mass is 10.0. The first-order valence-corrected chi connectivity index (χ1v) is 6.82. The summed E-state index contributed by atoms with van der Waals surface area (Å²) in [5.41, 5.74) is 0.167. The van der Waals surface area contributed by atoms with Crippen molar-refractivity contribution in [2.75, 3.05) is 13.6 Å². The molecule has 6 heteroatoms. The fourth-order valence-electron chi connectivity index (χ4n) is 2.27. The number of aromatic carboxylic acids is 1. The summed E-state index contributed by atoms with van der Waals surface area (Å²) in [5, 5.41) is 14.2. The van der Waals surface area contributed by atoms with Gasteiger partial charge >= 0.3 is 5.97 Å². The Hall–Kier alpha value is -2.37. The highest BCUT2D eigenvalue weighted by molar-refractivity contribution is 6.07. The van der Waals surface area contributed by atoms with Crippen LogP contribution < -0.4 is 10.6 Å². The largest absolute Gasteiger partial charge is 0.478 e. The summed E-state index contributed by atoms with van der Waals surface area (Å²) in [7, 11) is 1.52. The van der Waals surface area contributed by atoms with Crippen molar-refractivity contribution in [2.24, 2.45) is 5.41 Å². The van der Waals surface area contributed by atoms with Crippen LogP contribution in [0.4, 0.5) is 0 Å². The third kappa shape index (κ3) is 3.21. The number of carboxylic acid groups (broad SMARTS) is 1. The van der Waals surface area contributed by atoms with Gasteiger partial charge in [0, 0.05) is 13.6 Å². The fraction of sp³-hybridized carbons (Fsp3) is 0.400. The van der Waals surface area contributed by atoms with Crippen LogP contribution in [0.1, 0.15) is 28.8 Å². The molecule has 1 aliphatic rings. The van der Waals surface area contributed by atoms with E-state index in [4.69, 9.17) is 5.11 Å². The molecule has 1 saturated carbocycles. The number of carboxylic acids is 1. The Morgan fingerprint density at radius 1 is 1.24 bits per heavy atom. The van der Waals surface area contributed by atoms with Crippen LogP contribution >= 0.6 is 0 Å². The molecule has 1 aromatic carbocycles. The molecule has 1 aromatic rings. The summed E-state index contributed by atoms with van der Waals surface area (Å²) in [4.78, 5) is 34.5. The van der Waals surface area contributed by atoms with Gasteiger partial charge in [-0.1, -0.05) is 12.1 Å². The molecule has 1 fully saturated rings. The molecule has 0 bridgehead atoms. The molecule has 0 heterocycles. The molecule has 0 atom stereocenters. The molecule has 21 heavy (non-hydrogen) atoms. The van der Waals surface area contributed by atoms with Gasteiger partial charge in [-0.15, -0.1) is 0 Å². The van der Waals surface area contributed by atoms with Crippen LogP contribution in [0.3, 0.4) is 0 Å². The van der Waals surface area contributed by atoms with E-state index in [9.17, 15) is 14.4 Å². The number of carbonyl (C=O) groups excluding carboxylic acids is 2. The van der Waals surface area contributed by atoms with Gasteiger partial charge in [0.2, 0.25) is 11.8 Å². The van der Waals surface area contributed by atoms with Crippen molar-refractivity contribution in [1.29, 1.82) is 0 Å². The monoisotopic (exact) mass is 290 g/mol. The Morgan fingerprint density at radius 2 is 1.95 bits per heavy atom. The van der Waals surface area contributed by atoms with E-state index in [2.05, 4.69) is 10.6 Å². The number of carbonyl (C=O) groups is 3. The van der Waals surface area contributed by atoms with Crippen molar-refractivity contribution in [3.8, 4) is 0 Å². The Balaban J connectivity index is 1.87. The molecule has 112 valence electrons. The van der Waals surface area contributed by atoms with E-state index < -0.39 is 11.4 Å². The van der Waals surface area contributed by atoms with Crippen LogP contribution in [0.25, 0.3) is 0 Å². The minimum atomic E-state index is -0.975. The van der Waals surface area contributed by atoms with Crippen LogP contribution in [0.5, 0.6) is 0 Å². The van der Waals surface area contributed by atoms with E-state index in [-0.39, 0.29) is 17.4 Å². The number of nitrogens with one attached hydrogen (secondary N) is 2. The van der Waals surface area contributed by atoms with Gasteiger partial charge in [-0.05, 0) is 37.0 Å². The van der Waals surface area contributed by atoms with Gasteiger partial charge in [0.15, 0.2) is 0 Å². The van der Waals surface area contributed by atoms with Crippen molar-refractivity contribution in [1.82, 2.24) is 10.6 Å². The first-order chi connectivity index (χ1) is 9.99. The molecule has 6 nitrogen and oxygen atoms in total. The number of benzene rings is 1. The van der Waals surface area contributed by atoms with Crippen LogP contribution in [0.15, 0.2) is 24.3 Å². The second-order valence-electron chi connectivity index (χ2n) is 5.17. The Morgan fingerprint density at radius 3 is 2.52 bits per heavy atom. The molecular formula is C15H18N2O4. The summed E-state index contributed by atoms with van der Waals surface area (Å²) < 4.78 is 0. The van der Waals surface area contributed by atoms with Crippen LogP contribution in [0.2, 0.25) is 0 Å². The molecule has 0 unspecified atom stereocenters. The van der Waals surface area contributed by atoms with E-state index in [0.29, 0.717) is 25.8 Å². The summed E-state index contributed by atoms with van der Waals surface area (Å²) in [6, 6.07) is 6.59. The first-order valence-electron chi connectivity index (χ1n) is 6.82. The molecule has 2 amide bonds. The lowest BCUT2D eigenvalue weighted by Crippen LogP contribution is -2.42. The van der Waals surface area contributed by atoms with Gasteiger partial charge in [-0.2, -0.15) is 0 Å². The van der Waals surface area contributed by atoms with E-state index in [1.807, 2.05) is 6.07 Å². The van der Waals surface area contributed by atoms with Crippen molar-refractivity contribution in [3.63, 3.8) is 0 Å². The molecule has 0 radical (unpaired) electrons. The van der Waals surface area contributed by atoms with Crippen molar-refractivity contribution in [3.05, 3.63) is 35.4 Å². The summed E-state index contributed by atoms with van der Waals surface area (Å²) in [6.07, 6.45) is 1.68. The third-order valence-corrected chi connectivity index (χ3v) is 3.72. The third-order valence-electron chi connectivity index (χ3n) is 3.72. The normalized spacial score (nSPS) is 15.1. The topological polar surface area (TPSA) is 95.5 Å². The van der Waals surface area contributed by atoms with Crippen molar-refractivity contribution >= 4 is 17.8 Å². The zero-order valence-corrected chi connectivity index (χ0v) is 11.8. The van der Waals surface area contributed by atoms with Gasteiger partial charge in [-0.25, -0.2) is 4.79 Å². The number of amides is 2. The van der Waals surface area contributed by atoms with Gasteiger partial charge in [-0.3, -0.25) is 9.59 Å². The van der Waals surface area contributed by atoms with Crippen molar-refractivity contribution < 1.29 is 19.5 Å². The second kappa shape index (κ2) is 5.95. The number of rotatable bonds is 6. The summed E-state index contributed by atoms with van der Waals surface area (Å²) in [6.45, 7) is 0.376. The highest BCUT2D eigenvalue weighted by Crippen LogP contribution is 2.45. The zero-order chi connectivity index (χ0) is 15.5. The molecule has 3 N–H and O–H groups in total. The van der Waals surface area contributed by atoms with Gasteiger partial charge in [0.05, 0.1) is 5.56 Å². The maximum atomic E-state index is 12.0. The standard InChI is InChI=1S/C15H18N2O4/c1-16-13(20)15(6-7-15)14(21)17-8-5-10-3-2-4-11(9-10)12(18)19/h2-4,9H,5-8H2,1H3,(H,16,20)(H,17,21)(H,18,19). The smallest absolute Gasteiger partial charge is 0.335 e. The second-order valence-corrected chi connectivity index (χ2v) is 5.17. The molecule has 0 aliphatic heterocycles. The predicted molar refractivity (Wildman–Crippen MR) is 75.8 cm³/mol. The van der Waals surface area contributed by atoms with Crippen molar-refractivity contribution in [2.45, 2.75) is 19.3 Å². The van der Waals surface area contributed by atoms with E-state index in [1.54, 1.807) is 12.1 Å². The molecule has 2 rings (SSSR count). The first kappa shape index (κ1) is 15.0. The Labute approximate surface area is 122 Å². The van der Waals surface area contributed by atoms with Gasteiger partial charge < -0.3 is 15.7 Å². The fourth-order valence-corrected chi connectivity index (χ4v) is 2.27. The minimum Gasteiger partial charge on any atom is -0.478 e. The van der Waals surface area contributed by atoms with E-state index in [1.165, 1.54) is 13.1 Å². The highest BCUT2D eigenvalue weighted by Gasteiger charge is 2.55. The maximum Gasteiger partial charge on any atom is 0.335 e. The van der Waals surface area contributed by atoms with Gasteiger partial charge in [0.25, 0.3) is 0 Å². The molecule has 0 aromatic heterocycles. The molecular weight excluding hydrogens is 272 g/mol. The molecule has 0 saturated heterocycles. The molecule has 0 spiro atoms. The summed E-state index contributed by atoms with van der Waals surface area (Å²) >= 11 is 0. The molecule has 1 aliphatic carbocycles. The average molecular weight is 290 g/mol. The van der Waals surface area contributed by atoms with E-state index in [0.717, 1.165) is 5.56 Å². The van der Waals surface area contributed by atoms with Crippen LogP contribution in [-0.4, -0.2) is 36.5 Å². The Kier molecular flexibility index (Phi) is 4.26. The van der Waals surface area contributed by atoms with Crippen LogP contribution in [-0.2, 0) is 16.0 Å². The summed E-state index contributed by atoms with van der Waals surface area (Å²) in [5.74, 6) is -1.47. The minimum absolute atomic E-state index is 0.225. The Bertz CT molecular complexity index is 579. The van der Waals surface area contributed by atoms with Crippen LogP contribution in [0, 0.1) is 5.41 Å². The highest BCUT2D eigenvalue weighted by atomic mass is 16.4. The SMILES string of the molecule is CNC(=O)C1(C(=O)NCCc2cccc(C(=O)O)c2)CC1. The quantitative estimate of drug-likeness (QED) is 0.667. The number of hydrogen-bond acceptors (Lipinski definition) is 3. The van der Waals surface area contributed by atoms with Gasteiger partial charge in [0.1, 0.15) is 5.41 Å².